The first kappa shape index (κ1) is 24.2. The first-order chi connectivity index (χ1) is 18.7. The van der Waals surface area contributed by atoms with E-state index in [1.165, 1.54) is 10.2 Å². The lowest BCUT2D eigenvalue weighted by molar-refractivity contribution is 0.172. The van der Waals surface area contributed by atoms with Gasteiger partial charge in [0.2, 0.25) is 11.8 Å². The van der Waals surface area contributed by atoms with E-state index < -0.39 is 0 Å². The van der Waals surface area contributed by atoms with E-state index in [1.54, 1.807) is 25.6 Å². The van der Waals surface area contributed by atoms with Gasteiger partial charge in [-0.2, -0.15) is 14.6 Å². The fraction of sp³-hybridized carbons (Fsp3) is 0.385. The fourth-order valence-electron chi connectivity index (χ4n) is 4.74. The molecule has 0 bridgehead atoms. The van der Waals surface area contributed by atoms with Gasteiger partial charge in [0.25, 0.3) is 0 Å². The Kier molecular flexibility index (Phi) is 6.80. The number of piperazine rings is 1. The molecule has 12 heteroatoms. The van der Waals surface area contributed by atoms with Crippen molar-refractivity contribution in [3.63, 3.8) is 0 Å². The van der Waals surface area contributed by atoms with Gasteiger partial charge in [0.05, 0.1) is 31.0 Å². The SMILES string of the molecule is COCCCOc1ccc(N2CCN(CCn3ncc4c3nc(N)n3nc(-c5ccco5)nc43)CC2)cc1. The fourth-order valence-corrected chi connectivity index (χ4v) is 4.74. The molecule has 0 unspecified atom stereocenters. The van der Waals surface area contributed by atoms with Gasteiger partial charge < -0.3 is 24.5 Å². The average molecular weight is 518 g/mol. The van der Waals surface area contributed by atoms with Crippen LogP contribution in [0.1, 0.15) is 6.42 Å². The van der Waals surface area contributed by atoms with E-state index in [2.05, 4.69) is 42.1 Å². The van der Waals surface area contributed by atoms with Crippen molar-refractivity contribution < 1.29 is 13.9 Å². The summed E-state index contributed by atoms with van der Waals surface area (Å²) in [6, 6.07) is 12.0. The summed E-state index contributed by atoms with van der Waals surface area (Å²) in [6.07, 6.45) is 4.25. The van der Waals surface area contributed by atoms with Gasteiger partial charge in [0.15, 0.2) is 17.1 Å². The number of aromatic nitrogens is 6. The monoisotopic (exact) mass is 517 g/mol. The number of rotatable bonds is 10. The van der Waals surface area contributed by atoms with Gasteiger partial charge >= 0.3 is 0 Å². The Morgan fingerprint density at radius 1 is 0.974 bits per heavy atom. The number of fused-ring (bicyclic) bond motifs is 3. The van der Waals surface area contributed by atoms with Crippen LogP contribution in [0, 0.1) is 0 Å². The van der Waals surface area contributed by atoms with E-state index in [0.717, 1.165) is 50.3 Å². The second-order valence-electron chi connectivity index (χ2n) is 9.24. The van der Waals surface area contributed by atoms with Crippen LogP contribution in [0.4, 0.5) is 11.6 Å². The first-order valence-electron chi connectivity index (χ1n) is 12.8. The molecule has 5 heterocycles. The van der Waals surface area contributed by atoms with Crippen LogP contribution < -0.4 is 15.4 Å². The quantitative estimate of drug-likeness (QED) is 0.276. The van der Waals surface area contributed by atoms with Crippen molar-refractivity contribution in [2.45, 2.75) is 13.0 Å². The molecule has 1 fully saturated rings. The van der Waals surface area contributed by atoms with E-state index in [9.17, 15) is 0 Å². The third kappa shape index (κ3) is 4.87. The molecule has 4 aromatic heterocycles. The summed E-state index contributed by atoms with van der Waals surface area (Å²) in [5, 5.41) is 9.84. The van der Waals surface area contributed by atoms with E-state index in [1.807, 2.05) is 22.9 Å². The van der Waals surface area contributed by atoms with Crippen LogP contribution >= 0.6 is 0 Å². The van der Waals surface area contributed by atoms with Crippen molar-refractivity contribution >= 4 is 28.3 Å². The molecule has 1 aliphatic rings. The molecular weight excluding hydrogens is 486 g/mol. The number of hydrogen-bond acceptors (Lipinski definition) is 10. The summed E-state index contributed by atoms with van der Waals surface area (Å²) in [4.78, 5) is 14.1. The lowest BCUT2D eigenvalue weighted by Gasteiger charge is -2.36. The third-order valence-corrected chi connectivity index (χ3v) is 6.80. The zero-order valence-electron chi connectivity index (χ0n) is 21.4. The molecule has 0 radical (unpaired) electrons. The second-order valence-corrected chi connectivity index (χ2v) is 9.24. The Bertz CT molecular complexity index is 1490. The van der Waals surface area contributed by atoms with Gasteiger partial charge in [-0.3, -0.25) is 4.90 Å². The molecule has 0 atom stereocenters. The number of nitrogens with two attached hydrogens (primary N) is 1. The van der Waals surface area contributed by atoms with Crippen LogP contribution in [-0.2, 0) is 11.3 Å². The third-order valence-electron chi connectivity index (χ3n) is 6.80. The Hall–Kier alpha value is -4.16. The van der Waals surface area contributed by atoms with Crippen molar-refractivity contribution in [3.05, 3.63) is 48.9 Å². The second kappa shape index (κ2) is 10.7. The number of nitrogen functional groups attached to an aromatic ring is 1. The minimum absolute atomic E-state index is 0.263. The minimum Gasteiger partial charge on any atom is -0.494 e. The molecule has 1 aliphatic heterocycles. The largest absolute Gasteiger partial charge is 0.494 e. The minimum atomic E-state index is 0.263. The average Bonchev–Trinajstić information content (AvgIpc) is 3.71. The maximum atomic E-state index is 6.22. The van der Waals surface area contributed by atoms with Crippen molar-refractivity contribution in [1.82, 2.24) is 34.3 Å². The normalized spacial score (nSPS) is 14.6. The molecular formula is C26H31N9O3. The topological polar surface area (TPSA) is 125 Å². The lowest BCUT2D eigenvalue weighted by Crippen LogP contribution is -2.47. The maximum absolute atomic E-state index is 6.22. The zero-order chi connectivity index (χ0) is 25.9. The maximum Gasteiger partial charge on any atom is 0.225 e. The molecule has 38 heavy (non-hydrogen) atoms. The summed E-state index contributed by atoms with van der Waals surface area (Å²) < 4.78 is 19.7. The number of anilines is 2. The van der Waals surface area contributed by atoms with Gasteiger partial charge in [-0.25, -0.2) is 9.67 Å². The summed E-state index contributed by atoms with van der Waals surface area (Å²) in [6.45, 7) is 6.84. The molecule has 0 spiro atoms. The molecule has 1 aromatic carbocycles. The summed E-state index contributed by atoms with van der Waals surface area (Å²) >= 11 is 0. The standard InChI is InChI=1S/C26H31N9O3/c1-36-15-3-17-37-20-7-5-19(6-8-20)33-12-9-32(10-13-33)11-14-34-24-21(18-28-34)25-29-23(22-4-2-16-38-22)31-35(25)26(27)30-24/h2,4-8,16,18H,3,9-15,17H2,1H3,(H2,27,30). The van der Waals surface area contributed by atoms with Crippen LogP contribution in [0.25, 0.3) is 28.3 Å². The number of ether oxygens (including phenoxy) is 2. The highest BCUT2D eigenvalue weighted by Crippen LogP contribution is 2.24. The smallest absolute Gasteiger partial charge is 0.225 e. The van der Waals surface area contributed by atoms with Crippen LogP contribution in [0.3, 0.4) is 0 Å². The van der Waals surface area contributed by atoms with Crippen LogP contribution in [0.5, 0.6) is 5.75 Å². The van der Waals surface area contributed by atoms with Crippen LogP contribution in [0.2, 0.25) is 0 Å². The van der Waals surface area contributed by atoms with E-state index in [4.69, 9.17) is 19.6 Å². The highest BCUT2D eigenvalue weighted by atomic mass is 16.5. The Morgan fingerprint density at radius 2 is 1.82 bits per heavy atom. The number of furan rings is 1. The molecule has 2 N–H and O–H groups in total. The zero-order valence-corrected chi connectivity index (χ0v) is 21.4. The highest BCUT2D eigenvalue weighted by molar-refractivity contribution is 5.90. The van der Waals surface area contributed by atoms with Crippen molar-refractivity contribution in [3.8, 4) is 17.3 Å². The molecule has 0 aliphatic carbocycles. The number of methoxy groups -OCH3 is 1. The number of benzene rings is 1. The molecule has 198 valence electrons. The highest BCUT2D eigenvalue weighted by Gasteiger charge is 2.20. The summed E-state index contributed by atoms with van der Waals surface area (Å²) in [7, 11) is 1.70. The predicted molar refractivity (Wildman–Crippen MR) is 143 cm³/mol. The van der Waals surface area contributed by atoms with Gasteiger partial charge in [-0.1, -0.05) is 0 Å². The molecule has 0 amide bonds. The lowest BCUT2D eigenvalue weighted by atomic mass is 10.2. The molecule has 6 rings (SSSR count). The van der Waals surface area contributed by atoms with Gasteiger partial charge in [-0.05, 0) is 36.4 Å². The van der Waals surface area contributed by atoms with Gasteiger partial charge in [0.1, 0.15) is 5.75 Å². The molecule has 5 aromatic rings. The molecule has 0 saturated carbocycles. The predicted octanol–water partition coefficient (Wildman–Crippen LogP) is 2.55. The molecule has 12 nitrogen and oxygen atoms in total. The number of nitrogens with zero attached hydrogens (tertiary/aromatic N) is 8. The van der Waals surface area contributed by atoms with Crippen LogP contribution in [-0.4, -0.2) is 87.3 Å². The van der Waals surface area contributed by atoms with E-state index >= 15 is 0 Å². The summed E-state index contributed by atoms with van der Waals surface area (Å²) in [5.74, 6) is 2.20. The van der Waals surface area contributed by atoms with Crippen LogP contribution in [0.15, 0.2) is 53.3 Å². The van der Waals surface area contributed by atoms with E-state index in [0.29, 0.717) is 42.6 Å². The number of hydrogen-bond donors (Lipinski definition) is 1. The van der Waals surface area contributed by atoms with Gasteiger partial charge in [-0.15, -0.1) is 5.10 Å². The first-order valence-corrected chi connectivity index (χ1v) is 12.8. The van der Waals surface area contributed by atoms with Gasteiger partial charge in [0, 0.05) is 58.5 Å². The van der Waals surface area contributed by atoms with Crippen molar-refractivity contribution in [2.75, 3.05) is 63.7 Å². The van der Waals surface area contributed by atoms with Crippen molar-refractivity contribution in [2.24, 2.45) is 0 Å². The molecule has 1 saturated heterocycles. The Labute approximate surface area is 219 Å². The Morgan fingerprint density at radius 3 is 2.58 bits per heavy atom. The Balaban J connectivity index is 1.06. The van der Waals surface area contributed by atoms with Crippen molar-refractivity contribution in [1.29, 1.82) is 0 Å². The summed E-state index contributed by atoms with van der Waals surface area (Å²) in [5.41, 5.74) is 8.76. The van der Waals surface area contributed by atoms with E-state index in [-0.39, 0.29) is 5.95 Å².